The van der Waals surface area contributed by atoms with Gasteiger partial charge in [-0.05, 0) is 31.8 Å². The van der Waals surface area contributed by atoms with Crippen LogP contribution in [0.25, 0.3) is 0 Å². The number of allylic oxidation sites excluding steroid dienone is 2. The second-order valence-corrected chi connectivity index (χ2v) is 4.00. The number of carbonyl (C=O) groups excluding carboxylic acids is 1. The van der Waals surface area contributed by atoms with Crippen molar-refractivity contribution in [3.8, 4) is 0 Å². The summed E-state index contributed by atoms with van der Waals surface area (Å²) < 4.78 is 5.22. The molecular weight excluding hydrogens is 152 g/mol. The molecule has 0 bridgehead atoms. The van der Waals surface area contributed by atoms with E-state index in [1.54, 1.807) is 0 Å². The Morgan fingerprint density at radius 1 is 1.50 bits per heavy atom. The van der Waals surface area contributed by atoms with Crippen LogP contribution in [0.3, 0.4) is 0 Å². The van der Waals surface area contributed by atoms with Crippen molar-refractivity contribution in [1.82, 2.24) is 0 Å². The van der Waals surface area contributed by atoms with E-state index in [1.165, 1.54) is 12.8 Å². The zero-order valence-corrected chi connectivity index (χ0v) is 7.43. The Labute approximate surface area is 72.6 Å². The molecule has 0 aromatic rings. The van der Waals surface area contributed by atoms with Gasteiger partial charge >= 0.3 is 5.97 Å². The molecule has 1 unspecified atom stereocenters. The van der Waals surface area contributed by atoms with Crippen LogP contribution in [0, 0.1) is 5.41 Å². The fraction of sp³-hybridized carbons (Fsp3) is 0.700. The fourth-order valence-corrected chi connectivity index (χ4v) is 2.06. The van der Waals surface area contributed by atoms with Gasteiger partial charge in [0, 0.05) is 11.8 Å². The lowest BCUT2D eigenvalue weighted by Gasteiger charge is -2.37. The number of fused-ring (bicyclic) bond motifs is 1. The van der Waals surface area contributed by atoms with E-state index < -0.39 is 0 Å². The van der Waals surface area contributed by atoms with E-state index in [1.807, 2.05) is 0 Å². The zero-order valence-electron chi connectivity index (χ0n) is 7.43. The lowest BCUT2D eigenvalue weighted by Crippen LogP contribution is -2.31. The normalized spacial score (nSPS) is 35.1. The molecule has 0 aromatic heterocycles. The molecule has 2 heteroatoms. The van der Waals surface area contributed by atoms with Crippen LogP contribution >= 0.6 is 0 Å². The maximum absolute atomic E-state index is 11.0. The van der Waals surface area contributed by atoms with Gasteiger partial charge in [-0.1, -0.05) is 6.92 Å². The van der Waals surface area contributed by atoms with Crippen LogP contribution in [0.5, 0.6) is 0 Å². The molecule has 1 heterocycles. The van der Waals surface area contributed by atoms with Gasteiger partial charge in [-0.15, -0.1) is 0 Å². The Morgan fingerprint density at radius 3 is 3.17 bits per heavy atom. The zero-order chi connectivity index (χ0) is 8.60. The number of carbonyl (C=O) groups is 1. The molecule has 0 N–H and O–H groups in total. The lowest BCUT2D eigenvalue weighted by molar-refractivity contribution is -0.146. The molecule has 1 atom stereocenters. The number of hydrogen-bond acceptors (Lipinski definition) is 2. The topological polar surface area (TPSA) is 26.3 Å². The largest absolute Gasteiger partial charge is 0.431 e. The van der Waals surface area contributed by atoms with Gasteiger partial charge in [-0.2, -0.15) is 0 Å². The van der Waals surface area contributed by atoms with E-state index in [9.17, 15) is 4.79 Å². The predicted octanol–water partition coefficient (Wildman–Crippen LogP) is 2.40. The van der Waals surface area contributed by atoms with Crippen LogP contribution in [0.15, 0.2) is 11.8 Å². The second kappa shape index (κ2) is 2.61. The Kier molecular flexibility index (Phi) is 1.71. The van der Waals surface area contributed by atoms with Crippen LogP contribution in [-0.2, 0) is 9.53 Å². The quantitative estimate of drug-likeness (QED) is 0.516. The van der Waals surface area contributed by atoms with Crippen LogP contribution in [-0.4, -0.2) is 5.97 Å². The molecule has 0 saturated carbocycles. The van der Waals surface area contributed by atoms with Crippen molar-refractivity contribution in [2.75, 3.05) is 0 Å². The van der Waals surface area contributed by atoms with Crippen LogP contribution in [0.1, 0.15) is 39.0 Å². The Hall–Kier alpha value is -0.790. The van der Waals surface area contributed by atoms with Gasteiger partial charge in [-0.3, -0.25) is 4.79 Å². The van der Waals surface area contributed by atoms with Crippen molar-refractivity contribution in [1.29, 1.82) is 0 Å². The Bertz CT molecular complexity index is 242. The highest BCUT2D eigenvalue weighted by Crippen LogP contribution is 2.44. The highest BCUT2D eigenvalue weighted by atomic mass is 16.5. The maximum atomic E-state index is 11.0. The Morgan fingerprint density at radius 2 is 2.33 bits per heavy atom. The molecule has 2 nitrogen and oxygen atoms in total. The molecular formula is C10H14O2. The molecule has 1 fully saturated rings. The molecule has 0 radical (unpaired) electrons. The van der Waals surface area contributed by atoms with E-state index in [2.05, 4.69) is 13.0 Å². The monoisotopic (exact) mass is 166 g/mol. The van der Waals surface area contributed by atoms with E-state index in [-0.39, 0.29) is 11.4 Å². The summed E-state index contributed by atoms with van der Waals surface area (Å²) >= 11 is 0. The van der Waals surface area contributed by atoms with Gasteiger partial charge in [-0.25, -0.2) is 0 Å². The molecule has 1 aliphatic carbocycles. The predicted molar refractivity (Wildman–Crippen MR) is 45.4 cm³/mol. The molecule has 0 amide bonds. The third kappa shape index (κ3) is 1.15. The first-order chi connectivity index (χ1) is 5.71. The minimum atomic E-state index is -0.0550. The summed E-state index contributed by atoms with van der Waals surface area (Å²) in [5.74, 6) is 0.880. The molecule has 2 aliphatic rings. The van der Waals surface area contributed by atoms with Crippen molar-refractivity contribution in [2.45, 2.75) is 39.0 Å². The minimum absolute atomic E-state index is 0.0550. The van der Waals surface area contributed by atoms with Crippen molar-refractivity contribution in [2.24, 2.45) is 5.41 Å². The fourth-order valence-electron chi connectivity index (χ4n) is 2.06. The van der Waals surface area contributed by atoms with Crippen molar-refractivity contribution in [3.63, 3.8) is 0 Å². The third-order valence-corrected chi connectivity index (χ3v) is 2.96. The summed E-state index contributed by atoms with van der Waals surface area (Å²) in [6.45, 7) is 2.20. The van der Waals surface area contributed by atoms with E-state index in [0.717, 1.165) is 18.6 Å². The van der Waals surface area contributed by atoms with E-state index in [0.29, 0.717) is 6.42 Å². The van der Waals surface area contributed by atoms with E-state index in [4.69, 9.17) is 4.74 Å². The van der Waals surface area contributed by atoms with Gasteiger partial charge in [0.05, 0.1) is 0 Å². The summed E-state index contributed by atoms with van der Waals surface area (Å²) in [6.07, 6.45) is 7.12. The first-order valence-corrected chi connectivity index (χ1v) is 4.62. The van der Waals surface area contributed by atoms with Gasteiger partial charge < -0.3 is 4.74 Å². The second-order valence-electron chi connectivity index (χ2n) is 4.00. The standard InChI is InChI=1S/C10H14O2/c1-10-6-3-2-4-8(10)12-9(11)5-7-10/h4H,2-3,5-7H2,1H3. The van der Waals surface area contributed by atoms with Gasteiger partial charge in [0.1, 0.15) is 5.76 Å². The van der Waals surface area contributed by atoms with Crippen molar-refractivity contribution < 1.29 is 9.53 Å². The average molecular weight is 166 g/mol. The van der Waals surface area contributed by atoms with Gasteiger partial charge in [0.25, 0.3) is 0 Å². The van der Waals surface area contributed by atoms with Crippen LogP contribution in [0.2, 0.25) is 0 Å². The smallest absolute Gasteiger partial charge is 0.310 e. The molecule has 12 heavy (non-hydrogen) atoms. The summed E-state index contributed by atoms with van der Waals surface area (Å²) in [6, 6.07) is 0. The maximum Gasteiger partial charge on any atom is 0.310 e. The minimum Gasteiger partial charge on any atom is -0.431 e. The first kappa shape index (κ1) is 7.84. The number of ether oxygens (including phenoxy) is 1. The molecule has 1 aliphatic heterocycles. The number of rotatable bonds is 0. The summed E-state index contributed by atoms with van der Waals surface area (Å²) in [7, 11) is 0. The number of hydrogen-bond donors (Lipinski definition) is 0. The molecule has 0 aromatic carbocycles. The third-order valence-electron chi connectivity index (χ3n) is 2.96. The number of esters is 1. The Balaban J connectivity index is 2.25. The van der Waals surface area contributed by atoms with Crippen LogP contribution < -0.4 is 0 Å². The SMILES string of the molecule is CC12CCCC=C1OC(=O)CC2. The average Bonchev–Trinajstić information content (AvgIpc) is 2.06. The summed E-state index contributed by atoms with van der Waals surface area (Å²) in [5.41, 5.74) is 0.173. The first-order valence-electron chi connectivity index (χ1n) is 4.62. The highest BCUT2D eigenvalue weighted by Gasteiger charge is 2.37. The highest BCUT2D eigenvalue weighted by molar-refractivity contribution is 5.72. The molecule has 66 valence electrons. The summed E-state index contributed by atoms with van der Waals surface area (Å²) in [4.78, 5) is 11.0. The van der Waals surface area contributed by atoms with Gasteiger partial charge in [0.15, 0.2) is 0 Å². The molecule has 1 saturated heterocycles. The van der Waals surface area contributed by atoms with E-state index >= 15 is 0 Å². The molecule has 0 spiro atoms. The van der Waals surface area contributed by atoms with Crippen molar-refractivity contribution in [3.05, 3.63) is 11.8 Å². The molecule has 2 rings (SSSR count). The van der Waals surface area contributed by atoms with Gasteiger partial charge in [0.2, 0.25) is 0 Å². The van der Waals surface area contributed by atoms with Crippen molar-refractivity contribution >= 4 is 5.97 Å². The lowest BCUT2D eigenvalue weighted by atomic mass is 9.74. The van der Waals surface area contributed by atoms with Crippen LogP contribution in [0.4, 0.5) is 0 Å². The summed E-state index contributed by atoms with van der Waals surface area (Å²) in [5, 5.41) is 0.